The molecule has 144 valence electrons. The van der Waals surface area contributed by atoms with Gasteiger partial charge in [0.05, 0.1) is 29.8 Å². The van der Waals surface area contributed by atoms with Gasteiger partial charge in [-0.15, -0.1) is 0 Å². The van der Waals surface area contributed by atoms with Gasteiger partial charge in [0.2, 0.25) is 11.9 Å². The summed E-state index contributed by atoms with van der Waals surface area (Å²) in [6.07, 6.45) is 8.11. The number of fused-ring (bicyclic) bond motifs is 2. The molecule has 1 N–H and O–H groups in total. The number of hydrogen-bond donors (Lipinski definition) is 1. The zero-order valence-electron chi connectivity index (χ0n) is 15.7. The van der Waals surface area contributed by atoms with E-state index in [-0.39, 0.29) is 29.8 Å². The number of rotatable bonds is 4. The molecule has 9 heteroatoms. The lowest BCUT2D eigenvalue weighted by molar-refractivity contribution is -0.136. The molecule has 1 amide bonds. The molecule has 1 aliphatic carbocycles. The van der Waals surface area contributed by atoms with Gasteiger partial charge in [0.15, 0.2) is 0 Å². The lowest BCUT2D eigenvalue weighted by atomic mass is 10.1. The Bertz CT molecular complexity index is 935. The first-order valence-electron chi connectivity index (χ1n) is 9.68. The second kappa shape index (κ2) is 6.48. The molecule has 2 bridgehead atoms. The first-order chi connectivity index (χ1) is 13.6. The van der Waals surface area contributed by atoms with Crippen molar-refractivity contribution in [1.82, 2.24) is 24.6 Å². The molecule has 2 aromatic heterocycles. The Morgan fingerprint density at radius 1 is 1.32 bits per heavy atom. The van der Waals surface area contributed by atoms with Gasteiger partial charge in [-0.3, -0.25) is 9.48 Å². The molecule has 4 atom stereocenters. The fourth-order valence-electron chi connectivity index (χ4n) is 4.45. The van der Waals surface area contributed by atoms with Gasteiger partial charge in [-0.25, -0.2) is 4.98 Å². The van der Waals surface area contributed by atoms with Crippen molar-refractivity contribution in [2.24, 2.45) is 18.9 Å². The van der Waals surface area contributed by atoms with Crippen molar-refractivity contribution in [3.8, 4) is 6.07 Å². The van der Waals surface area contributed by atoms with Crippen LogP contribution in [-0.2, 0) is 11.8 Å². The Kier molecular flexibility index (Phi) is 3.93. The van der Waals surface area contributed by atoms with E-state index < -0.39 is 0 Å². The minimum absolute atomic E-state index is 0.0750. The van der Waals surface area contributed by atoms with E-state index in [9.17, 15) is 4.79 Å². The van der Waals surface area contributed by atoms with Crippen molar-refractivity contribution < 1.29 is 4.79 Å². The number of hydrogen-bond acceptors (Lipinski definition) is 7. The van der Waals surface area contributed by atoms with E-state index in [1.54, 1.807) is 17.1 Å². The summed E-state index contributed by atoms with van der Waals surface area (Å²) >= 11 is 0. The second-order valence-corrected chi connectivity index (χ2v) is 7.88. The third-order valence-electron chi connectivity index (χ3n) is 5.94. The Balaban J connectivity index is 1.29. The van der Waals surface area contributed by atoms with E-state index in [2.05, 4.69) is 36.3 Å². The van der Waals surface area contributed by atoms with Gasteiger partial charge in [-0.2, -0.15) is 15.3 Å². The number of piperazine rings is 1. The number of nitrogens with one attached hydrogen (secondary N) is 1. The maximum atomic E-state index is 12.8. The van der Waals surface area contributed by atoms with Crippen LogP contribution in [-0.4, -0.2) is 55.7 Å². The standard InChI is InChI=1S/C19H22N8O/c1-25-9-13(8-22-25)23-19-21-5-4-17(24-19)26-10-14-2-3-15(11-26)27(14)18(28)16-6-12(16)7-20/h4-5,8-9,12,14-16H,2-3,6,10-11H2,1H3,(H,21,23,24)/t12-,14-,15+,16-/m1/s1. The van der Waals surface area contributed by atoms with E-state index in [0.29, 0.717) is 5.95 Å². The highest BCUT2D eigenvalue weighted by Gasteiger charge is 2.51. The van der Waals surface area contributed by atoms with E-state index in [1.807, 2.05) is 19.3 Å². The topological polar surface area (TPSA) is 103 Å². The molecule has 2 aromatic rings. The van der Waals surface area contributed by atoms with Crippen LogP contribution < -0.4 is 10.2 Å². The molecule has 0 radical (unpaired) electrons. The normalized spacial score (nSPS) is 28.1. The Morgan fingerprint density at radius 3 is 2.75 bits per heavy atom. The van der Waals surface area contributed by atoms with E-state index >= 15 is 0 Å². The highest BCUT2D eigenvalue weighted by molar-refractivity contribution is 5.83. The van der Waals surface area contributed by atoms with Gasteiger partial charge >= 0.3 is 0 Å². The summed E-state index contributed by atoms with van der Waals surface area (Å²) in [5.74, 6) is 1.43. The van der Waals surface area contributed by atoms with Gasteiger partial charge in [-0.05, 0) is 25.3 Å². The third kappa shape index (κ3) is 2.95. The predicted octanol–water partition coefficient (Wildman–Crippen LogP) is 1.29. The molecule has 3 aliphatic rings. The minimum Gasteiger partial charge on any atom is -0.352 e. The van der Waals surface area contributed by atoms with Gasteiger partial charge < -0.3 is 15.1 Å². The van der Waals surface area contributed by atoms with Crippen LogP contribution in [0.3, 0.4) is 0 Å². The molecule has 28 heavy (non-hydrogen) atoms. The highest BCUT2D eigenvalue weighted by Crippen LogP contribution is 2.43. The quantitative estimate of drug-likeness (QED) is 0.855. The molecule has 0 spiro atoms. The van der Waals surface area contributed by atoms with Crippen LogP contribution in [0.25, 0.3) is 0 Å². The smallest absolute Gasteiger partial charge is 0.229 e. The predicted molar refractivity (Wildman–Crippen MR) is 102 cm³/mol. The molecule has 1 saturated carbocycles. The Labute approximate surface area is 163 Å². The summed E-state index contributed by atoms with van der Waals surface area (Å²) in [5, 5.41) is 16.4. The van der Waals surface area contributed by atoms with Crippen LogP contribution >= 0.6 is 0 Å². The van der Waals surface area contributed by atoms with E-state index in [1.165, 1.54) is 0 Å². The summed E-state index contributed by atoms with van der Waals surface area (Å²) < 4.78 is 1.72. The van der Waals surface area contributed by atoms with Crippen LogP contribution in [0.1, 0.15) is 19.3 Å². The molecule has 9 nitrogen and oxygen atoms in total. The van der Waals surface area contributed by atoms with Gasteiger partial charge in [0, 0.05) is 44.6 Å². The average molecular weight is 378 g/mol. The number of amides is 1. The van der Waals surface area contributed by atoms with Crippen molar-refractivity contribution in [3.63, 3.8) is 0 Å². The van der Waals surface area contributed by atoms with E-state index in [0.717, 1.165) is 43.9 Å². The van der Waals surface area contributed by atoms with E-state index in [4.69, 9.17) is 5.26 Å². The first kappa shape index (κ1) is 17.0. The fourth-order valence-corrected chi connectivity index (χ4v) is 4.45. The summed E-state index contributed by atoms with van der Waals surface area (Å²) in [6.45, 7) is 1.55. The van der Waals surface area contributed by atoms with Crippen molar-refractivity contribution >= 4 is 23.4 Å². The van der Waals surface area contributed by atoms with Crippen LogP contribution in [0.5, 0.6) is 0 Å². The molecule has 2 saturated heterocycles. The zero-order valence-corrected chi connectivity index (χ0v) is 15.7. The largest absolute Gasteiger partial charge is 0.352 e. The van der Waals surface area contributed by atoms with Crippen molar-refractivity contribution in [1.29, 1.82) is 5.26 Å². The monoisotopic (exact) mass is 378 g/mol. The number of anilines is 3. The fraction of sp³-hybridized carbons (Fsp3) is 0.526. The Hall–Kier alpha value is -3.15. The molecule has 5 rings (SSSR count). The minimum atomic E-state index is -0.0760. The number of aromatic nitrogens is 4. The van der Waals surface area contributed by atoms with Crippen molar-refractivity contribution in [2.45, 2.75) is 31.3 Å². The maximum Gasteiger partial charge on any atom is 0.229 e. The molecule has 0 unspecified atom stereocenters. The van der Waals surface area contributed by atoms with Gasteiger partial charge in [-0.1, -0.05) is 0 Å². The molecular weight excluding hydrogens is 356 g/mol. The third-order valence-corrected chi connectivity index (χ3v) is 5.94. The molecular formula is C19H22N8O. The lowest BCUT2D eigenvalue weighted by Crippen LogP contribution is -2.56. The summed E-state index contributed by atoms with van der Waals surface area (Å²) in [5.41, 5.74) is 0.839. The maximum absolute atomic E-state index is 12.8. The van der Waals surface area contributed by atoms with Crippen molar-refractivity contribution in [3.05, 3.63) is 24.7 Å². The number of aryl methyl sites for hydroxylation is 1. The first-order valence-corrected chi connectivity index (χ1v) is 9.68. The van der Waals surface area contributed by atoms with Gasteiger partial charge in [0.25, 0.3) is 0 Å². The number of nitrogens with zero attached hydrogens (tertiary/aromatic N) is 7. The van der Waals surface area contributed by atoms with Crippen LogP contribution in [0, 0.1) is 23.2 Å². The summed E-state index contributed by atoms with van der Waals surface area (Å²) in [6, 6.07) is 4.56. The average Bonchev–Trinajstić information content (AvgIpc) is 3.32. The second-order valence-electron chi connectivity index (χ2n) is 7.88. The lowest BCUT2D eigenvalue weighted by Gasteiger charge is -2.41. The van der Waals surface area contributed by atoms with Crippen LogP contribution in [0.4, 0.5) is 17.5 Å². The number of nitriles is 1. The summed E-state index contributed by atoms with van der Waals surface area (Å²) in [7, 11) is 1.86. The number of carbonyl (C=O) groups excluding carboxylic acids is 1. The van der Waals surface area contributed by atoms with Crippen molar-refractivity contribution in [2.75, 3.05) is 23.3 Å². The molecule has 0 aromatic carbocycles. The molecule has 3 fully saturated rings. The van der Waals surface area contributed by atoms with Crippen LogP contribution in [0.2, 0.25) is 0 Å². The Morgan fingerprint density at radius 2 is 2.11 bits per heavy atom. The SMILES string of the molecule is Cn1cc(Nc2nccc(N3C[C@H]4CC[C@@H](C3)N4C(=O)[C@@H]3C[C@@H]3C#N)n2)cn1. The zero-order chi connectivity index (χ0) is 19.3. The van der Waals surface area contributed by atoms with Gasteiger partial charge in [0.1, 0.15) is 5.82 Å². The molecule has 4 heterocycles. The highest BCUT2D eigenvalue weighted by atomic mass is 16.2. The molecule has 2 aliphatic heterocycles. The summed E-state index contributed by atoms with van der Waals surface area (Å²) in [4.78, 5) is 26.1. The number of carbonyl (C=O) groups is 1. The van der Waals surface area contributed by atoms with Crippen LogP contribution in [0.15, 0.2) is 24.7 Å².